The Balaban J connectivity index is 1.37. The lowest BCUT2D eigenvalue weighted by Gasteiger charge is -2.34. The van der Waals surface area contributed by atoms with Crippen LogP contribution in [-0.2, 0) is 9.47 Å². The van der Waals surface area contributed by atoms with Gasteiger partial charge >= 0.3 is 6.09 Å². The molecule has 3 amide bonds. The average Bonchev–Trinajstić information content (AvgIpc) is 2.92. The van der Waals surface area contributed by atoms with Gasteiger partial charge in [-0.15, -0.1) is 0 Å². The summed E-state index contributed by atoms with van der Waals surface area (Å²) in [6, 6.07) is 6.95. The molecule has 1 saturated heterocycles. The lowest BCUT2D eigenvalue weighted by Crippen LogP contribution is -2.47. The number of fused-ring (bicyclic) bond motifs is 1. The quantitative estimate of drug-likeness (QED) is 0.538. The molecule has 2 aliphatic heterocycles. The number of amides is 3. The Hall–Kier alpha value is -2.41. The summed E-state index contributed by atoms with van der Waals surface area (Å²) in [5, 5.41) is 0. The predicted molar refractivity (Wildman–Crippen MR) is 108 cm³/mol. The van der Waals surface area contributed by atoms with E-state index in [-0.39, 0.29) is 24.0 Å². The topological polar surface area (TPSA) is 76.2 Å². The van der Waals surface area contributed by atoms with E-state index in [9.17, 15) is 14.4 Å². The molecule has 1 aromatic carbocycles. The molecule has 0 aromatic heterocycles. The molecule has 0 N–H and O–H groups in total. The molecule has 2 aliphatic rings. The molecule has 1 fully saturated rings. The van der Waals surface area contributed by atoms with Gasteiger partial charge in [0.05, 0.1) is 30.4 Å². The van der Waals surface area contributed by atoms with Crippen molar-refractivity contribution in [2.75, 3.05) is 26.2 Å². The molecule has 2 heterocycles. The van der Waals surface area contributed by atoms with Crippen LogP contribution in [0.4, 0.5) is 4.79 Å². The second-order valence-electron chi connectivity index (χ2n) is 8.58. The van der Waals surface area contributed by atoms with E-state index in [1.807, 2.05) is 20.8 Å². The first kappa shape index (κ1) is 21.3. The number of unbranched alkanes of at least 4 members (excludes halogenated alkanes) is 2. The average molecular weight is 402 g/mol. The van der Waals surface area contributed by atoms with Crippen LogP contribution in [0.2, 0.25) is 0 Å². The Morgan fingerprint density at radius 1 is 1.10 bits per heavy atom. The van der Waals surface area contributed by atoms with Gasteiger partial charge in [-0.25, -0.2) is 4.79 Å². The maximum Gasteiger partial charge on any atom is 0.410 e. The second kappa shape index (κ2) is 8.95. The third kappa shape index (κ3) is 5.35. The largest absolute Gasteiger partial charge is 0.444 e. The highest BCUT2D eigenvalue weighted by atomic mass is 16.6. The van der Waals surface area contributed by atoms with Crippen molar-refractivity contribution in [1.82, 2.24) is 9.80 Å². The van der Waals surface area contributed by atoms with Crippen LogP contribution in [-0.4, -0.2) is 65.7 Å². The van der Waals surface area contributed by atoms with Crippen LogP contribution in [0.25, 0.3) is 0 Å². The lowest BCUT2D eigenvalue weighted by atomic mass is 10.1. The molecule has 0 radical (unpaired) electrons. The number of ether oxygens (including phenoxy) is 2. The Bertz CT molecular complexity index is 736. The van der Waals surface area contributed by atoms with Crippen molar-refractivity contribution >= 4 is 17.9 Å². The van der Waals surface area contributed by atoms with Gasteiger partial charge in [-0.2, -0.15) is 0 Å². The van der Waals surface area contributed by atoms with E-state index < -0.39 is 5.60 Å². The number of nitrogens with zero attached hydrogens (tertiary/aromatic N) is 2. The normalized spacial score (nSPS) is 19.5. The van der Waals surface area contributed by atoms with Gasteiger partial charge in [0.25, 0.3) is 11.8 Å². The summed E-state index contributed by atoms with van der Waals surface area (Å²) in [5.74, 6) is -0.400. The highest BCUT2D eigenvalue weighted by Crippen LogP contribution is 2.23. The van der Waals surface area contributed by atoms with Crippen LogP contribution in [0.3, 0.4) is 0 Å². The summed E-state index contributed by atoms with van der Waals surface area (Å²) in [5.41, 5.74) is 0.486. The summed E-state index contributed by atoms with van der Waals surface area (Å²) >= 11 is 0. The smallest absolute Gasteiger partial charge is 0.410 e. The zero-order valence-electron chi connectivity index (χ0n) is 17.5. The Morgan fingerprint density at radius 3 is 2.38 bits per heavy atom. The van der Waals surface area contributed by atoms with Gasteiger partial charge in [0.1, 0.15) is 5.60 Å². The van der Waals surface area contributed by atoms with Crippen molar-refractivity contribution in [2.45, 2.75) is 58.2 Å². The van der Waals surface area contributed by atoms with E-state index in [4.69, 9.17) is 9.47 Å². The SMILES string of the molecule is CC(C)(C)OC(=O)N1CCO[C@H](CCCCCN2C(=O)c3ccccc3C2=O)C1. The Kier molecular flexibility index (Phi) is 6.57. The monoisotopic (exact) mass is 402 g/mol. The van der Waals surface area contributed by atoms with Crippen molar-refractivity contribution in [3.8, 4) is 0 Å². The first-order valence-electron chi connectivity index (χ1n) is 10.3. The molecule has 1 atom stereocenters. The minimum Gasteiger partial charge on any atom is -0.444 e. The van der Waals surface area contributed by atoms with Gasteiger partial charge in [0.15, 0.2) is 0 Å². The fraction of sp³-hybridized carbons (Fsp3) is 0.591. The minimum absolute atomic E-state index is 0.00410. The number of rotatable bonds is 6. The highest BCUT2D eigenvalue weighted by molar-refractivity contribution is 6.21. The van der Waals surface area contributed by atoms with E-state index in [0.29, 0.717) is 37.4 Å². The molecule has 0 spiro atoms. The number of imide groups is 1. The van der Waals surface area contributed by atoms with Crippen molar-refractivity contribution in [2.24, 2.45) is 0 Å². The molecule has 0 unspecified atom stereocenters. The van der Waals surface area contributed by atoms with Gasteiger partial charge in [-0.1, -0.05) is 25.0 Å². The molecule has 3 rings (SSSR count). The number of morpholine rings is 1. The predicted octanol–water partition coefficient (Wildman–Crippen LogP) is 3.48. The summed E-state index contributed by atoms with van der Waals surface area (Å²) in [4.78, 5) is 40.0. The van der Waals surface area contributed by atoms with Crippen LogP contribution < -0.4 is 0 Å². The fourth-order valence-electron chi connectivity index (χ4n) is 3.65. The van der Waals surface area contributed by atoms with E-state index >= 15 is 0 Å². The minimum atomic E-state index is -0.505. The second-order valence-corrected chi connectivity index (χ2v) is 8.58. The fourth-order valence-corrected chi connectivity index (χ4v) is 3.65. The Labute approximate surface area is 171 Å². The van der Waals surface area contributed by atoms with Crippen molar-refractivity contribution in [1.29, 1.82) is 0 Å². The first-order valence-corrected chi connectivity index (χ1v) is 10.3. The first-order chi connectivity index (χ1) is 13.8. The molecule has 0 aliphatic carbocycles. The van der Waals surface area contributed by atoms with Gasteiger partial charge in [0, 0.05) is 13.1 Å². The zero-order valence-corrected chi connectivity index (χ0v) is 17.5. The molecule has 0 saturated carbocycles. The van der Waals surface area contributed by atoms with Crippen LogP contribution in [0, 0.1) is 0 Å². The standard InChI is InChI=1S/C22H30N2O5/c1-22(2,3)29-21(27)23-13-14-28-16(15-23)9-5-4-8-12-24-19(25)17-10-6-7-11-18(17)20(24)26/h6-7,10-11,16H,4-5,8-9,12-15H2,1-3H3/t16-/m1/s1. The third-order valence-corrected chi connectivity index (χ3v) is 5.08. The van der Waals surface area contributed by atoms with E-state index in [1.165, 1.54) is 4.90 Å². The van der Waals surface area contributed by atoms with Gasteiger partial charge in [-0.3, -0.25) is 14.5 Å². The third-order valence-electron chi connectivity index (χ3n) is 5.08. The number of hydrogen-bond acceptors (Lipinski definition) is 5. The number of carbonyl (C=O) groups excluding carboxylic acids is 3. The van der Waals surface area contributed by atoms with Crippen LogP contribution >= 0.6 is 0 Å². The maximum atomic E-state index is 12.4. The molecular formula is C22H30N2O5. The highest BCUT2D eigenvalue weighted by Gasteiger charge is 2.34. The van der Waals surface area contributed by atoms with Crippen LogP contribution in [0.5, 0.6) is 0 Å². The summed E-state index contributed by atoms with van der Waals surface area (Å²) in [7, 11) is 0. The van der Waals surface area contributed by atoms with Crippen molar-refractivity contribution in [3.05, 3.63) is 35.4 Å². The van der Waals surface area contributed by atoms with Crippen LogP contribution in [0.1, 0.15) is 67.2 Å². The van der Waals surface area contributed by atoms with Crippen molar-refractivity contribution in [3.63, 3.8) is 0 Å². The lowest BCUT2D eigenvalue weighted by molar-refractivity contribution is -0.0451. The summed E-state index contributed by atoms with van der Waals surface area (Å²) in [6.07, 6.45) is 3.09. The molecule has 1 aromatic rings. The molecule has 0 bridgehead atoms. The number of hydrogen-bond donors (Lipinski definition) is 0. The van der Waals surface area contributed by atoms with Crippen molar-refractivity contribution < 1.29 is 23.9 Å². The zero-order chi connectivity index (χ0) is 21.0. The van der Waals surface area contributed by atoms with Gasteiger partial charge in [-0.05, 0) is 45.7 Å². The number of benzene rings is 1. The van der Waals surface area contributed by atoms with E-state index in [2.05, 4.69) is 0 Å². The molecular weight excluding hydrogens is 372 g/mol. The van der Waals surface area contributed by atoms with Gasteiger partial charge < -0.3 is 14.4 Å². The van der Waals surface area contributed by atoms with E-state index in [1.54, 1.807) is 29.2 Å². The van der Waals surface area contributed by atoms with E-state index in [0.717, 1.165) is 25.7 Å². The summed E-state index contributed by atoms with van der Waals surface area (Å²) in [6.45, 7) is 7.60. The molecule has 158 valence electrons. The van der Waals surface area contributed by atoms with Crippen LogP contribution in [0.15, 0.2) is 24.3 Å². The molecule has 29 heavy (non-hydrogen) atoms. The number of carbonyl (C=O) groups is 3. The van der Waals surface area contributed by atoms with Gasteiger partial charge in [0.2, 0.25) is 0 Å². The maximum absolute atomic E-state index is 12.4. The molecule has 7 nitrogen and oxygen atoms in total. The summed E-state index contributed by atoms with van der Waals surface area (Å²) < 4.78 is 11.2. The Morgan fingerprint density at radius 2 is 1.76 bits per heavy atom. The molecule has 7 heteroatoms.